The number of phenolic OH excluding ortho intramolecular Hbond substituents is 1. The summed E-state index contributed by atoms with van der Waals surface area (Å²) in [4.78, 5) is 29.9. The molecule has 0 bridgehead atoms. The monoisotopic (exact) mass is 427 g/mol. The van der Waals surface area contributed by atoms with Crippen molar-refractivity contribution in [3.05, 3.63) is 63.0 Å². The summed E-state index contributed by atoms with van der Waals surface area (Å²) >= 11 is 1.21. The Morgan fingerprint density at radius 3 is 2.60 bits per heavy atom. The number of rotatable bonds is 7. The van der Waals surface area contributed by atoms with Gasteiger partial charge in [0.2, 0.25) is 0 Å². The number of aromatic hydroxyl groups is 1. The Bertz CT molecular complexity index is 1020. The molecule has 0 atom stereocenters. The molecule has 2 aromatic rings. The number of phenols is 1. The highest BCUT2D eigenvalue weighted by Crippen LogP contribution is 2.35. The Labute approximate surface area is 178 Å². The summed E-state index contributed by atoms with van der Waals surface area (Å²) in [7, 11) is 0. The Kier molecular flexibility index (Phi) is 6.73. The summed E-state index contributed by atoms with van der Waals surface area (Å²) in [5.41, 5.74) is 0.735. The molecule has 0 spiro atoms. The lowest BCUT2D eigenvalue weighted by atomic mass is 10.1. The SMILES string of the molecule is CCCN1C(=O)C(=Cc2ccc(O)c([N+](=O)[O-])c2)SC1=Nc1ccc(OCC)cc1. The number of hydrogen-bond acceptors (Lipinski definition) is 7. The summed E-state index contributed by atoms with van der Waals surface area (Å²) in [6.07, 6.45) is 2.33. The number of amidine groups is 1. The molecule has 1 fully saturated rings. The predicted octanol–water partition coefficient (Wildman–Crippen LogP) is 4.71. The molecule has 0 radical (unpaired) electrons. The second-order valence-electron chi connectivity index (χ2n) is 6.39. The molecule has 8 nitrogen and oxygen atoms in total. The predicted molar refractivity (Wildman–Crippen MR) is 117 cm³/mol. The molecule has 1 saturated heterocycles. The van der Waals surface area contributed by atoms with Crippen LogP contribution in [0.15, 0.2) is 52.4 Å². The van der Waals surface area contributed by atoms with Gasteiger partial charge in [-0.2, -0.15) is 0 Å². The van der Waals surface area contributed by atoms with Gasteiger partial charge in [0.25, 0.3) is 5.91 Å². The minimum atomic E-state index is -0.664. The van der Waals surface area contributed by atoms with Gasteiger partial charge >= 0.3 is 5.69 Å². The van der Waals surface area contributed by atoms with Crippen molar-refractivity contribution in [2.45, 2.75) is 20.3 Å². The van der Waals surface area contributed by atoms with Gasteiger partial charge in [-0.25, -0.2) is 4.99 Å². The summed E-state index contributed by atoms with van der Waals surface area (Å²) < 4.78 is 5.43. The Balaban J connectivity index is 1.91. The van der Waals surface area contributed by atoms with Gasteiger partial charge in [-0.3, -0.25) is 19.8 Å². The zero-order valence-corrected chi connectivity index (χ0v) is 17.4. The number of carbonyl (C=O) groups excluding carboxylic acids is 1. The van der Waals surface area contributed by atoms with E-state index in [2.05, 4.69) is 4.99 Å². The zero-order valence-electron chi connectivity index (χ0n) is 16.6. The van der Waals surface area contributed by atoms with Crippen molar-refractivity contribution in [3.8, 4) is 11.5 Å². The van der Waals surface area contributed by atoms with E-state index in [0.29, 0.717) is 34.5 Å². The fourth-order valence-electron chi connectivity index (χ4n) is 2.83. The van der Waals surface area contributed by atoms with Crippen molar-refractivity contribution in [2.75, 3.05) is 13.2 Å². The first-order chi connectivity index (χ1) is 14.4. The molecule has 1 aliphatic heterocycles. The fraction of sp³-hybridized carbons (Fsp3) is 0.238. The number of benzene rings is 2. The zero-order chi connectivity index (χ0) is 21.7. The molecule has 1 N–H and O–H groups in total. The third-order valence-corrected chi connectivity index (χ3v) is 5.21. The van der Waals surface area contributed by atoms with Crippen LogP contribution in [0.25, 0.3) is 6.08 Å². The minimum Gasteiger partial charge on any atom is -0.502 e. The first kappa shape index (κ1) is 21.4. The van der Waals surface area contributed by atoms with E-state index >= 15 is 0 Å². The van der Waals surface area contributed by atoms with Crippen LogP contribution in [0.1, 0.15) is 25.8 Å². The highest BCUT2D eigenvalue weighted by molar-refractivity contribution is 8.18. The summed E-state index contributed by atoms with van der Waals surface area (Å²) in [6.45, 7) is 4.96. The molecule has 156 valence electrons. The first-order valence-electron chi connectivity index (χ1n) is 9.43. The number of nitro benzene ring substituents is 1. The van der Waals surface area contributed by atoms with E-state index in [9.17, 15) is 20.0 Å². The van der Waals surface area contributed by atoms with E-state index in [1.807, 2.05) is 38.1 Å². The number of carbonyl (C=O) groups is 1. The number of aliphatic imine (C=N–C) groups is 1. The van der Waals surface area contributed by atoms with Crippen LogP contribution in [0.4, 0.5) is 11.4 Å². The molecule has 1 heterocycles. The van der Waals surface area contributed by atoms with Gasteiger partial charge in [-0.1, -0.05) is 13.0 Å². The minimum absolute atomic E-state index is 0.206. The maximum atomic E-state index is 12.9. The summed E-state index contributed by atoms with van der Waals surface area (Å²) in [6, 6.07) is 11.3. The maximum absolute atomic E-state index is 12.9. The van der Waals surface area contributed by atoms with Crippen molar-refractivity contribution in [1.29, 1.82) is 0 Å². The molecule has 1 aliphatic rings. The standard InChI is InChI=1S/C21H21N3O5S/c1-3-11-23-20(26)19(13-14-5-10-18(25)17(12-14)24(27)28)30-21(23)22-15-6-8-16(9-7-15)29-4-2/h5-10,12-13,25H,3-4,11H2,1-2H3. The smallest absolute Gasteiger partial charge is 0.311 e. The third-order valence-electron chi connectivity index (χ3n) is 4.20. The summed E-state index contributed by atoms with van der Waals surface area (Å²) in [5, 5.41) is 21.2. The molecule has 0 saturated carbocycles. The van der Waals surface area contributed by atoms with Crippen LogP contribution in [0, 0.1) is 10.1 Å². The van der Waals surface area contributed by atoms with Crippen LogP contribution in [0.5, 0.6) is 11.5 Å². The quantitative estimate of drug-likeness (QED) is 0.390. The number of nitro groups is 1. The molecule has 9 heteroatoms. The van der Waals surface area contributed by atoms with E-state index in [1.54, 1.807) is 11.0 Å². The van der Waals surface area contributed by atoms with Crippen molar-refractivity contribution >= 4 is 40.3 Å². The Hall–Kier alpha value is -3.33. The van der Waals surface area contributed by atoms with Crippen LogP contribution >= 0.6 is 11.8 Å². The number of nitrogens with zero attached hydrogens (tertiary/aromatic N) is 3. The number of ether oxygens (including phenoxy) is 1. The van der Waals surface area contributed by atoms with Crippen LogP contribution in [0.2, 0.25) is 0 Å². The van der Waals surface area contributed by atoms with Gasteiger partial charge < -0.3 is 9.84 Å². The average molecular weight is 427 g/mol. The van der Waals surface area contributed by atoms with Crippen molar-refractivity contribution in [1.82, 2.24) is 4.90 Å². The molecule has 0 aromatic heterocycles. The third kappa shape index (κ3) is 4.80. The summed E-state index contributed by atoms with van der Waals surface area (Å²) in [5.74, 6) is 0.122. The van der Waals surface area contributed by atoms with Gasteiger partial charge in [0.05, 0.1) is 22.1 Å². The lowest BCUT2D eigenvalue weighted by Crippen LogP contribution is -2.29. The highest BCUT2D eigenvalue weighted by Gasteiger charge is 2.33. The maximum Gasteiger partial charge on any atom is 0.311 e. The molecular weight excluding hydrogens is 406 g/mol. The normalized spacial score (nSPS) is 16.5. The second-order valence-corrected chi connectivity index (χ2v) is 7.40. The van der Waals surface area contributed by atoms with Crippen molar-refractivity contribution < 1.29 is 19.6 Å². The highest BCUT2D eigenvalue weighted by atomic mass is 32.2. The van der Waals surface area contributed by atoms with Crippen LogP contribution in [-0.4, -0.2) is 39.2 Å². The van der Waals surface area contributed by atoms with Crippen LogP contribution in [0.3, 0.4) is 0 Å². The Morgan fingerprint density at radius 1 is 1.23 bits per heavy atom. The van der Waals surface area contributed by atoms with Crippen LogP contribution in [-0.2, 0) is 4.79 Å². The molecule has 1 amide bonds. The molecule has 3 rings (SSSR count). The fourth-order valence-corrected chi connectivity index (χ4v) is 3.86. The first-order valence-corrected chi connectivity index (χ1v) is 10.2. The Morgan fingerprint density at radius 2 is 1.97 bits per heavy atom. The lowest BCUT2D eigenvalue weighted by Gasteiger charge is -2.14. The van der Waals surface area contributed by atoms with Gasteiger partial charge in [-0.05, 0) is 67.1 Å². The van der Waals surface area contributed by atoms with E-state index in [0.717, 1.165) is 12.2 Å². The van der Waals surface area contributed by atoms with Gasteiger partial charge in [-0.15, -0.1) is 0 Å². The molecule has 30 heavy (non-hydrogen) atoms. The van der Waals surface area contributed by atoms with Gasteiger partial charge in [0, 0.05) is 12.6 Å². The average Bonchev–Trinajstić information content (AvgIpc) is 3.00. The molecule has 2 aromatic carbocycles. The molecule has 0 aliphatic carbocycles. The second kappa shape index (κ2) is 9.45. The van der Waals surface area contributed by atoms with E-state index in [4.69, 9.17) is 4.74 Å². The van der Waals surface area contributed by atoms with Crippen LogP contribution < -0.4 is 4.74 Å². The largest absolute Gasteiger partial charge is 0.502 e. The number of hydrogen-bond donors (Lipinski definition) is 1. The lowest BCUT2D eigenvalue weighted by molar-refractivity contribution is -0.385. The van der Waals surface area contributed by atoms with Crippen molar-refractivity contribution in [2.24, 2.45) is 4.99 Å². The van der Waals surface area contributed by atoms with E-state index in [-0.39, 0.29) is 5.91 Å². The topological polar surface area (TPSA) is 105 Å². The number of amides is 1. The molecular formula is C21H21N3O5S. The van der Waals surface area contributed by atoms with Crippen molar-refractivity contribution in [3.63, 3.8) is 0 Å². The van der Waals surface area contributed by atoms with Gasteiger partial charge in [0.1, 0.15) is 5.75 Å². The molecule has 0 unspecified atom stereocenters. The van der Waals surface area contributed by atoms with Gasteiger partial charge in [0.15, 0.2) is 10.9 Å². The van der Waals surface area contributed by atoms with E-state index < -0.39 is 16.4 Å². The number of thioether (sulfide) groups is 1. The van der Waals surface area contributed by atoms with E-state index in [1.165, 1.54) is 30.0 Å².